The normalized spacial score (nSPS) is 22.0. The summed E-state index contributed by atoms with van der Waals surface area (Å²) in [7, 11) is 0. The molecule has 1 heterocycles. The van der Waals surface area contributed by atoms with Gasteiger partial charge in [0.25, 0.3) is 5.91 Å². The van der Waals surface area contributed by atoms with E-state index < -0.39 is 6.03 Å². The summed E-state index contributed by atoms with van der Waals surface area (Å²) >= 11 is 0. The number of imide groups is 1. The predicted octanol–water partition coefficient (Wildman–Crippen LogP) is -0.228. The second kappa shape index (κ2) is 3.00. The minimum Gasteiger partial charge on any atom is -0.337 e. The Balaban J connectivity index is 2.56. The van der Waals surface area contributed by atoms with Gasteiger partial charge in [0.05, 0.1) is 0 Å². The molecule has 0 aromatic carbocycles. The molecule has 0 unspecified atom stereocenters. The Bertz CT molecular complexity index is 186. The van der Waals surface area contributed by atoms with E-state index in [1.165, 1.54) is 6.08 Å². The van der Waals surface area contributed by atoms with Gasteiger partial charge in [0.1, 0.15) is 0 Å². The van der Waals surface area contributed by atoms with E-state index in [2.05, 4.69) is 10.6 Å². The molecule has 1 rings (SSSR count). The zero-order valence-corrected chi connectivity index (χ0v) is 5.39. The fourth-order valence-electron chi connectivity index (χ4n) is 0.657. The zero-order chi connectivity index (χ0) is 7.40. The van der Waals surface area contributed by atoms with Gasteiger partial charge in [-0.3, -0.25) is 10.1 Å². The van der Waals surface area contributed by atoms with Gasteiger partial charge < -0.3 is 5.32 Å². The lowest BCUT2D eigenvalue weighted by atomic mass is 10.3. The second-order valence-electron chi connectivity index (χ2n) is 1.94. The third-order valence-electron chi connectivity index (χ3n) is 1.10. The zero-order valence-electron chi connectivity index (χ0n) is 5.39. The van der Waals surface area contributed by atoms with Crippen LogP contribution < -0.4 is 10.6 Å². The molecule has 0 fully saturated rings. The molecule has 0 aromatic rings. The molecule has 1 aliphatic heterocycles. The van der Waals surface area contributed by atoms with Crippen LogP contribution >= 0.6 is 0 Å². The van der Waals surface area contributed by atoms with Gasteiger partial charge in [-0.25, -0.2) is 4.79 Å². The molecule has 54 valence electrons. The first-order valence-corrected chi connectivity index (χ1v) is 3.04. The van der Waals surface area contributed by atoms with Crippen LogP contribution in [0.4, 0.5) is 4.79 Å². The largest absolute Gasteiger partial charge is 0.337 e. The number of hydrogen-bond acceptors (Lipinski definition) is 2. The lowest BCUT2D eigenvalue weighted by Crippen LogP contribution is -2.39. The van der Waals surface area contributed by atoms with Crippen LogP contribution in [0.25, 0.3) is 0 Å². The van der Waals surface area contributed by atoms with E-state index in [1.807, 2.05) is 0 Å². The molecule has 10 heavy (non-hydrogen) atoms. The van der Waals surface area contributed by atoms with Gasteiger partial charge >= 0.3 is 6.03 Å². The van der Waals surface area contributed by atoms with Gasteiger partial charge in [0.2, 0.25) is 0 Å². The van der Waals surface area contributed by atoms with Gasteiger partial charge in [0, 0.05) is 6.54 Å². The van der Waals surface area contributed by atoms with Gasteiger partial charge in [-0.1, -0.05) is 6.08 Å². The highest BCUT2D eigenvalue weighted by molar-refractivity contribution is 6.00. The van der Waals surface area contributed by atoms with Crippen LogP contribution in [0.3, 0.4) is 0 Å². The van der Waals surface area contributed by atoms with Crippen molar-refractivity contribution in [2.75, 3.05) is 6.54 Å². The molecule has 0 bridgehead atoms. The lowest BCUT2D eigenvalue weighted by molar-refractivity contribution is -0.115. The van der Waals surface area contributed by atoms with Crippen molar-refractivity contribution in [1.29, 1.82) is 0 Å². The summed E-state index contributed by atoms with van der Waals surface area (Å²) in [5.41, 5.74) is 0. The molecule has 0 radical (unpaired) electrons. The minimum absolute atomic E-state index is 0.364. The first-order chi connectivity index (χ1) is 4.79. The van der Waals surface area contributed by atoms with E-state index in [1.54, 1.807) is 6.08 Å². The summed E-state index contributed by atoms with van der Waals surface area (Å²) < 4.78 is 0. The summed E-state index contributed by atoms with van der Waals surface area (Å²) in [5, 5.41) is 4.60. The smallest absolute Gasteiger partial charge is 0.321 e. The first-order valence-electron chi connectivity index (χ1n) is 3.04. The summed E-state index contributed by atoms with van der Waals surface area (Å²) in [6.07, 6.45) is 3.78. The number of amides is 3. The molecule has 1 aliphatic rings. The number of rotatable bonds is 0. The Labute approximate surface area is 58.3 Å². The van der Waals surface area contributed by atoms with Crippen LogP contribution in [0.2, 0.25) is 0 Å². The number of carbonyl (C=O) groups excluding carboxylic acids is 2. The molecule has 0 aromatic heterocycles. The predicted molar refractivity (Wildman–Crippen MR) is 35.3 cm³/mol. The third-order valence-corrected chi connectivity index (χ3v) is 1.10. The maximum Gasteiger partial charge on any atom is 0.321 e. The molecule has 2 N–H and O–H groups in total. The Morgan fingerprint density at radius 2 is 2.20 bits per heavy atom. The second-order valence-corrected chi connectivity index (χ2v) is 1.94. The Hall–Kier alpha value is -1.32. The molecular formula is C6H8N2O2. The van der Waals surface area contributed by atoms with Gasteiger partial charge in [0.15, 0.2) is 0 Å². The summed E-state index contributed by atoms with van der Waals surface area (Å²) in [6.45, 7) is 0.579. The Morgan fingerprint density at radius 1 is 1.40 bits per heavy atom. The van der Waals surface area contributed by atoms with Gasteiger partial charge in [-0.2, -0.15) is 0 Å². The van der Waals surface area contributed by atoms with E-state index in [0.29, 0.717) is 13.0 Å². The van der Waals surface area contributed by atoms with Crippen molar-refractivity contribution in [3.05, 3.63) is 12.2 Å². The van der Waals surface area contributed by atoms with Crippen molar-refractivity contribution < 1.29 is 9.59 Å². The van der Waals surface area contributed by atoms with E-state index in [9.17, 15) is 9.59 Å². The monoisotopic (exact) mass is 140 g/mol. The Morgan fingerprint density at radius 3 is 3.00 bits per heavy atom. The number of carbonyl (C=O) groups is 2. The SMILES string of the molecule is O=C1/C=C\CCNC(=O)N1. The topological polar surface area (TPSA) is 58.2 Å². The molecule has 4 nitrogen and oxygen atoms in total. The molecule has 0 spiro atoms. The molecule has 0 saturated heterocycles. The van der Waals surface area contributed by atoms with Crippen molar-refractivity contribution in [1.82, 2.24) is 10.6 Å². The van der Waals surface area contributed by atoms with Crippen LogP contribution in [0, 0.1) is 0 Å². The fraction of sp³-hybridized carbons (Fsp3) is 0.333. The summed E-state index contributed by atoms with van der Waals surface area (Å²) in [4.78, 5) is 21.2. The van der Waals surface area contributed by atoms with Crippen molar-refractivity contribution in [3.63, 3.8) is 0 Å². The molecule has 0 atom stereocenters. The van der Waals surface area contributed by atoms with E-state index in [-0.39, 0.29) is 5.91 Å². The highest BCUT2D eigenvalue weighted by Crippen LogP contribution is 1.84. The van der Waals surface area contributed by atoms with E-state index in [0.717, 1.165) is 0 Å². The number of nitrogens with one attached hydrogen (secondary N) is 2. The average Bonchev–Trinajstić information content (AvgIpc) is 1.83. The van der Waals surface area contributed by atoms with Crippen LogP contribution in [0.5, 0.6) is 0 Å². The van der Waals surface area contributed by atoms with Crippen LogP contribution in [0.15, 0.2) is 12.2 Å². The van der Waals surface area contributed by atoms with Crippen molar-refractivity contribution in [2.45, 2.75) is 6.42 Å². The molecule has 4 heteroatoms. The van der Waals surface area contributed by atoms with Crippen molar-refractivity contribution in [3.8, 4) is 0 Å². The van der Waals surface area contributed by atoms with Crippen molar-refractivity contribution >= 4 is 11.9 Å². The molecule has 3 amide bonds. The highest BCUT2D eigenvalue weighted by atomic mass is 16.2. The standard InChI is InChI=1S/C6H8N2O2/c9-5-3-1-2-4-7-6(10)8-5/h1,3H,2,4H2,(H2,7,8,9,10)/b3-1-. The van der Waals surface area contributed by atoms with Gasteiger partial charge in [-0.05, 0) is 12.5 Å². The van der Waals surface area contributed by atoms with E-state index in [4.69, 9.17) is 0 Å². The third kappa shape index (κ3) is 1.89. The average molecular weight is 140 g/mol. The quantitative estimate of drug-likeness (QED) is 0.488. The summed E-state index contributed by atoms with van der Waals surface area (Å²) in [5.74, 6) is -0.364. The van der Waals surface area contributed by atoms with Crippen molar-refractivity contribution in [2.24, 2.45) is 0 Å². The first kappa shape index (κ1) is 6.80. The van der Waals surface area contributed by atoms with E-state index >= 15 is 0 Å². The number of hydrogen-bond donors (Lipinski definition) is 2. The fourth-order valence-corrected chi connectivity index (χ4v) is 0.657. The van der Waals surface area contributed by atoms with Gasteiger partial charge in [-0.15, -0.1) is 0 Å². The summed E-state index contributed by atoms with van der Waals surface area (Å²) in [6, 6.07) is -0.422. The highest BCUT2D eigenvalue weighted by Gasteiger charge is 2.04. The van der Waals surface area contributed by atoms with Crippen LogP contribution in [0.1, 0.15) is 6.42 Å². The number of urea groups is 1. The molecule has 0 saturated carbocycles. The molecular weight excluding hydrogens is 132 g/mol. The van der Waals surface area contributed by atoms with Crippen LogP contribution in [-0.4, -0.2) is 18.5 Å². The minimum atomic E-state index is -0.422. The Kier molecular flexibility index (Phi) is 2.04. The van der Waals surface area contributed by atoms with Crippen LogP contribution in [-0.2, 0) is 4.79 Å². The molecule has 0 aliphatic carbocycles. The maximum absolute atomic E-state index is 10.6. The maximum atomic E-state index is 10.6. The lowest BCUT2D eigenvalue weighted by Gasteiger charge is -2.05.